The first-order valence-electron chi connectivity index (χ1n) is 6.65. The first-order chi connectivity index (χ1) is 9.60. The molecule has 0 aromatic heterocycles. The van der Waals surface area contributed by atoms with Gasteiger partial charge in [0.25, 0.3) is 5.91 Å². The van der Waals surface area contributed by atoms with Gasteiger partial charge in [0, 0.05) is 17.4 Å². The topological polar surface area (TPSA) is 59.0 Å². The number of phenolic OH excluding ortho intramolecular Hbond substituents is 1. The summed E-state index contributed by atoms with van der Waals surface area (Å²) in [6, 6.07) is 4.85. The number of rotatable bonds is 1. The number of phenols is 1. The van der Waals surface area contributed by atoms with Crippen LogP contribution in [0.25, 0.3) is 0 Å². The Bertz CT molecular complexity index is 528. The van der Waals surface area contributed by atoms with Gasteiger partial charge in [-0.05, 0) is 24.6 Å². The Labute approximate surface area is 125 Å². The number of nitrogens with zero attached hydrogens (tertiary/aromatic N) is 1. The maximum atomic E-state index is 12.5. The number of piperidine rings is 1. The summed E-state index contributed by atoms with van der Waals surface area (Å²) in [5.41, 5.74) is 0.300. The van der Waals surface area contributed by atoms with Crippen LogP contribution in [0.4, 0.5) is 0 Å². The Hall–Kier alpha value is -1.11. The average molecular weight is 342 g/mol. The van der Waals surface area contributed by atoms with Gasteiger partial charge in [-0.2, -0.15) is 0 Å². The fraction of sp³-hybridized carbons (Fsp3) is 0.500. The minimum atomic E-state index is -0.643. The van der Waals surface area contributed by atoms with Crippen LogP contribution >= 0.6 is 15.9 Å². The summed E-state index contributed by atoms with van der Waals surface area (Å²) in [6.45, 7) is 2.21. The zero-order valence-corrected chi connectivity index (χ0v) is 12.6. The van der Waals surface area contributed by atoms with E-state index < -0.39 is 5.79 Å². The third-order valence-corrected chi connectivity index (χ3v) is 4.20. The number of likely N-dealkylation sites (tertiary alicyclic amines) is 1. The van der Waals surface area contributed by atoms with Crippen molar-refractivity contribution in [2.75, 3.05) is 26.3 Å². The molecule has 1 aromatic carbocycles. The molecule has 0 aliphatic carbocycles. The smallest absolute Gasteiger partial charge is 0.257 e. The molecule has 108 valence electrons. The number of amides is 1. The monoisotopic (exact) mass is 341 g/mol. The third kappa shape index (κ3) is 2.55. The largest absolute Gasteiger partial charge is 0.507 e. The van der Waals surface area contributed by atoms with Gasteiger partial charge < -0.3 is 19.5 Å². The maximum Gasteiger partial charge on any atom is 0.257 e. The van der Waals surface area contributed by atoms with Gasteiger partial charge in [0.05, 0.1) is 25.3 Å². The molecule has 2 aliphatic rings. The minimum absolute atomic E-state index is 0.00826. The van der Waals surface area contributed by atoms with Gasteiger partial charge in [0.1, 0.15) is 5.75 Å². The molecule has 6 heteroatoms. The Morgan fingerprint density at radius 3 is 2.85 bits per heavy atom. The highest BCUT2D eigenvalue weighted by Crippen LogP contribution is 2.32. The molecule has 2 aliphatic heterocycles. The molecule has 20 heavy (non-hydrogen) atoms. The molecular weight excluding hydrogens is 326 g/mol. The predicted octanol–water partition coefficient (Wildman–Crippen LogP) is 2.13. The van der Waals surface area contributed by atoms with Gasteiger partial charge in [0.2, 0.25) is 0 Å². The molecule has 0 saturated carbocycles. The fourth-order valence-electron chi connectivity index (χ4n) is 2.74. The first kappa shape index (κ1) is 13.9. The number of ether oxygens (including phenoxy) is 2. The molecule has 3 rings (SSSR count). The third-order valence-electron chi connectivity index (χ3n) is 3.71. The summed E-state index contributed by atoms with van der Waals surface area (Å²) in [5.74, 6) is -0.844. The van der Waals surface area contributed by atoms with E-state index in [1.807, 2.05) is 0 Å². The molecule has 1 N–H and O–H groups in total. The van der Waals surface area contributed by atoms with Crippen molar-refractivity contribution in [3.8, 4) is 5.75 Å². The molecule has 0 radical (unpaired) electrons. The molecule has 1 spiro atoms. The standard InChI is InChI=1S/C14H16BrNO4/c15-10-2-3-12(17)11(8-10)13(18)16-5-1-4-14(9-16)19-6-7-20-14/h2-3,8,17H,1,4-7,9H2. The molecule has 0 atom stereocenters. The van der Waals surface area contributed by atoms with E-state index in [4.69, 9.17) is 9.47 Å². The van der Waals surface area contributed by atoms with Crippen LogP contribution in [0.5, 0.6) is 5.75 Å². The first-order valence-corrected chi connectivity index (χ1v) is 7.45. The highest BCUT2D eigenvalue weighted by atomic mass is 79.9. The van der Waals surface area contributed by atoms with Crippen LogP contribution in [0, 0.1) is 0 Å². The van der Waals surface area contributed by atoms with Gasteiger partial charge in [-0.25, -0.2) is 0 Å². The van der Waals surface area contributed by atoms with Crippen molar-refractivity contribution in [3.05, 3.63) is 28.2 Å². The maximum absolute atomic E-state index is 12.5. The average Bonchev–Trinajstić information content (AvgIpc) is 2.88. The summed E-state index contributed by atoms with van der Waals surface area (Å²) in [4.78, 5) is 14.2. The number of benzene rings is 1. The van der Waals surface area contributed by atoms with E-state index in [9.17, 15) is 9.90 Å². The van der Waals surface area contributed by atoms with Gasteiger partial charge >= 0.3 is 0 Å². The van der Waals surface area contributed by atoms with Crippen molar-refractivity contribution in [2.45, 2.75) is 18.6 Å². The van der Waals surface area contributed by atoms with Crippen molar-refractivity contribution >= 4 is 21.8 Å². The van der Waals surface area contributed by atoms with Crippen LogP contribution in [-0.2, 0) is 9.47 Å². The SMILES string of the molecule is O=C(c1cc(Br)ccc1O)N1CCCC2(C1)OCCO2. The van der Waals surface area contributed by atoms with E-state index in [0.29, 0.717) is 31.9 Å². The Morgan fingerprint density at radius 1 is 1.35 bits per heavy atom. The summed E-state index contributed by atoms with van der Waals surface area (Å²) in [5, 5.41) is 9.86. The van der Waals surface area contributed by atoms with Crippen LogP contribution in [0.15, 0.2) is 22.7 Å². The number of hydrogen-bond donors (Lipinski definition) is 1. The molecule has 0 bridgehead atoms. The van der Waals surface area contributed by atoms with E-state index in [1.54, 1.807) is 17.0 Å². The number of carbonyl (C=O) groups excluding carboxylic acids is 1. The van der Waals surface area contributed by atoms with Gasteiger partial charge in [0.15, 0.2) is 5.79 Å². The lowest BCUT2D eigenvalue weighted by Crippen LogP contribution is -2.51. The lowest BCUT2D eigenvalue weighted by molar-refractivity contribution is -0.183. The zero-order chi connectivity index (χ0) is 14.2. The summed E-state index contributed by atoms with van der Waals surface area (Å²) >= 11 is 3.32. The van der Waals surface area contributed by atoms with Crippen LogP contribution in [0.2, 0.25) is 0 Å². The molecule has 2 fully saturated rings. The van der Waals surface area contributed by atoms with E-state index in [0.717, 1.165) is 17.3 Å². The number of aromatic hydroxyl groups is 1. The minimum Gasteiger partial charge on any atom is -0.507 e. The van der Waals surface area contributed by atoms with Crippen LogP contribution in [-0.4, -0.2) is 48.0 Å². The quantitative estimate of drug-likeness (QED) is 0.850. The van der Waals surface area contributed by atoms with Crippen LogP contribution < -0.4 is 0 Å². The van der Waals surface area contributed by atoms with Crippen LogP contribution in [0.1, 0.15) is 23.2 Å². The number of hydrogen-bond acceptors (Lipinski definition) is 4. The van der Waals surface area contributed by atoms with Crippen LogP contribution in [0.3, 0.4) is 0 Å². The fourth-order valence-corrected chi connectivity index (χ4v) is 3.11. The number of halogens is 1. The highest BCUT2D eigenvalue weighted by molar-refractivity contribution is 9.10. The second kappa shape index (κ2) is 5.35. The molecule has 2 heterocycles. The lowest BCUT2D eigenvalue weighted by Gasteiger charge is -2.38. The van der Waals surface area contributed by atoms with Crippen molar-refractivity contribution in [1.29, 1.82) is 0 Å². The molecule has 0 unspecified atom stereocenters. The molecule has 2 saturated heterocycles. The Morgan fingerprint density at radius 2 is 2.10 bits per heavy atom. The zero-order valence-electron chi connectivity index (χ0n) is 11.0. The van der Waals surface area contributed by atoms with Crippen molar-refractivity contribution in [3.63, 3.8) is 0 Å². The highest BCUT2D eigenvalue weighted by Gasteiger charge is 2.42. The summed E-state index contributed by atoms with van der Waals surface area (Å²) in [7, 11) is 0. The number of carbonyl (C=O) groups is 1. The molecular formula is C14H16BrNO4. The van der Waals surface area contributed by atoms with E-state index in [1.165, 1.54) is 6.07 Å². The van der Waals surface area contributed by atoms with E-state index in [-0.39, 0.29) is 11.7 Å². The van der Waals surface area contributed by atoms with E-state index in [2.05, 4.69) is 15.9 Å². The normalized spacial score (nSPS) is 21.4. The molecule has 1 amide bonds. The lowest BCUT2D eigenvalue weighted by atomic mass is 10.0. The Kier molecular flexibility index (Phi) is 3.70. The molecule has 5 nitrogen and oxygen atoms in total. The van der Waals surface area contributed by atoms with Crippen molar-refractivity contribution in [2.24, 2.45) is 0 Å². The van der Waals surface area contributed by atoms with Crippen molar-refractivity contribution in [1.82, 2.24) is 4.90 Å². The van der Waals surface area contributed by atoms with Gasteiger partial charge in [-0.3, -0.25) is 4.79 Å². The molecule has 1 aromatic rings. The summed E-state index contributed by atoms with van der Waals surface area (Å²) in [6.07, 6.45) is 1.64. The Balaban J connectivity index is 1.81. The van der Waals surface area contributed by atoms with Gasteiger partial charge in [-0.1, -0.05) is 15.9 Å². The van der Waals surface area contributed by atoms with Gasteiger partial charge in [-0.15, -0.1) is 0 Å². The summed E-state index contributed by atoms with van der Waals surface area (Å²) < 4.78 is 12.1. The second-order valence-corrected chi connectivity index (χ2v) is 6.02. The second-order valence-electron chi connectivity index (χ2n) is 5.10. The predicted molar refractivity (Wildman–Crippen MR) is 75.6 cm³/mol. The van der Waals surface area contributed by atoms with E-state index >= 15 is 0 Å². The van der Waals surface area contributed by atoms with Crippen molar-refractivity contribution < 1.29 is 19.4 Å².